The third kappa shape index (κ3) is 1.42. The van der Waals surface area contributed by atoms with E-state index < -0.39 is 0 Å². The van der Waals surface area contributed by atoms with Crippen LogP contribution in [0.2, 0.25) is 0 Å². The molecule has 0 aliphatic carbocycles. The highest BCUT2D eigenvalue weighted by Gasteiger charge is 2.00. The van der Waals surface area contributed by atoms with E-state index in [1.807, 2.05) is 37.5 Å². The Morgan fingerprint density at radius 3 is 2.93 bits per heavy atom. The van der Waals surface area contributed by atoms with E-state index in [9.17, 15) is 0 Å². The minimum Gasteiger partial charge on any atom is -0.397 e. The van der Waals surface area contributed by atoms with Gasteiger partial charge in [0.15, 0.2) is 0 Å². The molecule has 1 aromatic heterocycles. The van der Waals surface area contributed by atoms with Gasteiger partial charge in [-0.3, -0.25) is 0 Å². The smallest absolute Gasteiger partial charge is 0.0667 e. The first-order chi connectivity index (χ1) is 6.81. The lowest BCUT2D eigenvalue weighted by Crippen LogP contribution is -1.99. The standard InChI is InChI=1S/C10H12N4/c1-12-10-7-8(3-4-9(10)11)14-6-2-5-13-14/h2-7,12H,11H2,1H3. The third-order valence-electron chi connectivity index (χ3n) is 2.08. The van der Waals surface area contributed by atoms with Gasteiger partial charge in [-0.25, -0.2) is 4.68 Å². The van der Waals surface area contributed by atoms with Crippen LogP contribution in [0, 0.1) is 0 Å². The maximum absolute atomic E-state index is 5.76. The van der Waals surface area contributed by atoms with Crippen LogP contribution in [0.3, 0.4) is 0 Å². The Bertz CT molecular complexity index is 420. The van der Waals surface area contributed by atoms with Crippen molar-refractivity contribution in [2.75, 3.05) is 18.1 Å². The van der Waals surface area contributed by atoms with Gasteiger partial charge in [0.05, 0.1) is 17.1 Å². The number of hydrogen-bond acceptors (Lipinski definition) is 3. The fourth-order valence-electron chi connectivity index (χ4n) is 1.32. The zero-order valence-electron chi connectivity index (χ0n) is 7.94. The van der Waals surface area contributed by atoms with E-state index in [0.29, 0.717) is 0 Å². The van der Waals surface area contributed by atoms with Gasteiger partial charge in [-0.1, -0.05) is 0 Å². The number of aromatic nitrogens is 2. The Hall–Kier alpha value is -1.97. The van der Waals surface area contributed by atoms with Gasteiger partial charge < -0.3 is 11.1 Å². The summed E-state index contributed by atoms with van der Waals surface area (Å²) in [6.45, 7) is 0. The molecule has 0 unspecified atom stereocenters. The topological polar surface area (TPSA) is 55.9 Å². The van der Waals surface area contributed by atoms with Crippen molar-refractivity contribution >= 4 is 11.4 Å². The molecule has 0 saturated heterocycles. The number of rotatable bonds is 2. The molecule has 72 valence electrons. The molecule has 1 aromatic carbocycles. The van der Waals surface area contributed by atoms with Crippen LogP contribution < -0.4 is 11.1 Å². The van der Waals surface area contributed by atoms with Crippen LogP contribution in [0.15, 0.2) is 36.7 Å². The van der Waals surface area contributed by atoms with E-state index >= 15 is 0 Å². The molecule has 1 heterocycles. The molecule has 0 fully saturated rings. The highest BCUT2D eigenvalue weighted by atomic mass is 15.3. The molecule has 0 saturated carbocycles. The highest BCUT2D eigenvalue weighted by molar-refractivity contribution is 5.68. The molecule has 0 atom stereocenters. The first kappa shape index (κ1) is 8.62. The number of nitrogens with zero attached hydrogens (tertiary/aromatic N) is 2. The molecule has 4 heteroatoms. The van der Waals surface area contributed by atoms with Crippen molar-refractivity contribution in [3.63, 3.8) is 0 Å². The van der Waals surface area contributed by atoms with Crippen LogP contribution in [0.4, 0.5) is 11.4 Å². The van der Waals surface area contributed by atoms with Gasteiger partial charge in [0, 0.05) is 19.4 Å². The first-order valence-corrected chi connectivity index (χ1v) is 4.38. The van der Waals surface area contributed by atoms with Crippen molar-refractivity contribution in [1.29, 1.82) is 0 Å². The average molecular weight is 188 g/mol. The molecule has 2 rings (SSSR count). The van der Waals surface area contributed by atoms with E-state index in [1.54, 1.807) is 10.9 Å². The second-order valence-corrected chi connectivity index (χ2v) is 2.97. The lowest BCUT2D eigenvalue weighted by molar-refractivity contribution is 0.881. The quantitative estimate of drug-likeness (QED) is 0.702. The summed E-state index contributed by atoms with van der Waals surface area (Å²) in [4.78, 5) is 0. The summed E-state index contributed by atoms with van der Waals surface area (Å²) in [5.74, 6) is 0. The fourth-order valence-corrected chi connectivity index (χ4v) is 1.32. The van der Waals surface area contributed by atoms with Crippen molar-refractivity contribution in [2.45, 2.75) is 0 Å². The van der Waals surface area contributed by atoms with Crippen LogP contribution in [0.1, 0.15) is 0 Å². The minimum absolute atomic E-state index is 0.739. The Morgan fingerprint density at radius 2 is 2.29 bits per heavy atom. The molecule has 14 heavy (non-hydrogen) atoms. The highest BCUT2D eigenvalue weighted by Crippen LogP contribution is 2.20. The Morgan fingerprint density at radius 1 is 1.43 bits per heavy atom. The van der Waals surface area contributed by atoms with Crippen molar-refractivity contribution in [3.8, 4) is 5.69 Å². The lowest BCUT2D eigenvalue weighted by Gasteiger charge is -2.07. The molecule has 4 nitrogen and oxygen atoms in total. The number of hydrogen-bond donors (Lipinski definition) is 2. The predicted molar refractivity (Wildman–Crippen MR) is 57.5 cm³/mol. The molecule has 0 aliphatic rings. The van der Waals surface area contributed by atoms with Gasteiger partial charge in [0.2, 0.25) is 0 Å². The largest absolute Gasteiger partial charge is 0.397 e. The summed E-state index contributed by atoms with van der Waals surface area (Å²) in [6.07, 6.45) is 3.64. The Labute approximate surface area is 82.4 Å². The van der Waals surface area contributed by atoms with E-state index in [4.69, 9.17) is 5.73 Å². The van der Waals surface area contributed by atoms with Crippen LogP contribution in [-0.2, 0) is 0 Å². The van der Waals surface area contributed by atoms with Gasteiger partial charge in [-0.05, 0) is 24.3 Å². The summed E-state index contributed by atoms with van der Waals surface area (Å²) in [5.41, 5.74) is 8.41. The van der Waals surface area contributed by atoms with Crippen molar-refractivity contribution < 1.29 is 0 Å². The molecule has 0 aliphatic heterocycles. The van der Waals surface area contributed by atoms with Crippen LogP contribution >= 0.6 is 0 Å². The number of nitrogen functional groups attached to an aromatic ring is 1. The first-order valence-electron chi connectivity index (χ1n) is 4.38. The predicted octanol–water partition coefficient (Wildman–Crippen LogP) is 1.50. The number of nitrogens with two attached hydrogens (primary N) is 1. The number of nitrogens with one attached hydrogen (secondary N) is 1. The fraction of sp³-hybridized carbons (Fsp3) is 0.100. The van der Waals surface area contributed by atoms with E-state index in [-0.39, 0.29) is 0 Å². The second kappa shape index (κ2) is 3.41. The van der Waals surface area contributed by atoms with Crippen LogP contribution in [-0.4, -0.2) is 16.8 Å². The minimum atomic E-state index is 0.739. The Balaban J connectivity index is 2.46. The van der Waals surface area contributed by atoms with Gasteiger partial charge >= 0.3 is 0 Å². The summed E-state index contributed by atoms with van der Waals surface area (Å²) < 4.78 is 1.79. The average Bonchev–Trinajstić information content (AvgIpc) is 2.71. The van der Waals surface area contributed by atoms with Crippen LogP contribution in [0.5, 0.6) is 0 Å². The molecule has 0 radical (unpaired) electrons. The molecule has 0 bridgehead atoms. The maximum Gasteiger partial charge on any atom is 0.0667 e. The van der Waals surface area contributed by atoms with Crippen molar-refractivity contribution in [2.24, 2.45) is 0 Å². The van der Waals surface area contributed by atoms with Gasteiger partial charge in [0.1, 0.15) is 0 Å². The third-order valence-corrected chi connectivity index (χ3v) is 2.08. The molecule has 2 aromatic rings. The van der Waals surface area contributed by atoms with Crippen molar-refractivity contribution in [3.05, 3.63) is 36.7 Å². The zero-order valence-corrected chi connectivity index (χ0v) is 7.94. The molecule has 0 spiro atoms. The molecular formula is C10H12N4. The Kier molecular flexibility index (Phi) is 2.10. The monoisotopic (exact) mass is 188 g/mol. The molecule has 0 amide bonds. The number of benzene rings is 1. The molecule has 3 N–H and O–H groups in total. The normalized spacial score (nSPS) is 10.1. The van der Waals surface area contributed by atoms with E-state index in [2.05, 4.69) is 10.4 Å². The van der Waals surface area contributed by atoms with E-state index in [0.717, 1.165) is 17.1 Å². The van der Waals surface area contributed by atoms with E-state index in [1.165, 1.54) is 0 Å². The lowest BCUT2D eigenvalue weighted by atomic mass is 10.2. The molecular weight excluding hydrogens is 176 g/mol. The van der Waals surface area contributed by atoms with Crippen LogP contribution in [0.25, 0.3) is 5.69 Å². The summed E-state index contributed by atoms with van der Waals surface area (Å²) in [7, 11) is 1.85. The SMILES string of the molecule is CNc1cc(-n2cccn2)ccc1N. The summed E-state index contributed by atoms with van der Waals surface area (Å²) >= 11 is 0. The summed E-state index contributed by atoms with van der Waals surface area (Å²) in [5, 5.41) is 7.17. The van der Waals surface area contributed by atoms with Gasteiger partial charge in [-0.15, -0.1) is 0 Å². The van der Waals surface area contributed by atoms with Gasteiger partial charge in [0.25, 0.3) is 0 Å². The number of anilines is 2. The second-order valence-electron chi connectivity index (χ2n) is 2.97. The summed E-state index contributed by atoms with van der Waals surface area (Å²) in [6, 6.07) is 7.64. The maximum atomic E-state index is 5.76. The zero-order chi connectivity index (χ0) is 9.97. The van der Waals surface area contributed by atoms with Gasteiger partial charge in [-0.2, -0.15) is 5.10 Å². The van der Waals surface area contributed by atoms with Crippen molar-refractivity contribution in [1.82, 2.24) is 9.78 Å².